The summed E-state index contributed by atoms with van der Waals surface area (Å²) in [6, 6.07) is 4.22. The van der Waals surface area contributed by atoms with Gasteiger partial charge in [0.05, 0.1) is 25.9 Å². The van der Waals surface area contributed by atoms with Crippen molar-refractivity contribution in [1.82, 2.24) is 15.2 Å². The number of hydrogen-bond donors (Lipinski definition) is 1. The first-order valence-corrected chi connectivity index (χ1v) is 6.78. The number of hydrogen-bond acceptors (Lipinski definition) is 5. The van der Waals surface area contributed by atoms with E-state index in [-0.39, 0.29) is 12.1 Å². The number of nitrogens with zero attached hydrogens (tertiary/aromatic N) is 2. The third kappa shape index (κ3) is 3.43. The molecule has 0 saturated carbocycles. The highest BCUT2D eigenvalue weighted by molar-refractivity contribution is 5.22. The van der Waals surface area contributed by atoms with Crippen LogP contribution in [0.4, 0.5) is 0 Å². The molecule has 2 rings (SSSR count). The summed E-state index contributed by atoms with van der Waals surface area (Å²) in [5.41, 5.74) is 1.17. The fourth-order valence-corrected chi connectivity index (χ4v) is 2.48. The number of pyridine rings is 1. The Bertz CT molecular complexity index is 383. The molecule has 0 radical (unpaired) electrons. The van der Waals surface area contributed by atoms with Crippen molar-refractivity contribution >= 4 is 0 Å². The molecule has 0 spiro atoms. The Hall–Kier alpha value is -1.17. The molecule has 1 N–H and O–H groups in total. The van der Waals surface area contributed by atoms with E-state index in [1.54, 1.807) is 7.11 Å². The highest BCUT2D eigenvalue weighted by Gasteiger charge is 2.31. The summed E-state index contributed by atoms with van der Waals surface area (Å²) in [6.07, 6.45) is 2.04. The molecule has 106 valence electrons. The molecule has 1 saturated heterocycles. The van der Waals surface area contributed by atoms with Crippen LogP contribution in [0.15, 0.2) is 18.3 Å². The molecule has 1 aromatic heterocycles. The number of likely N-dealkylation sites (N-methyl/N-ethyl adjacent to an activating group) is 2. The quantitative estimate of drug-likeness (QED) is 0.863. The summed E-state index contributed by atoms with van der Waals surface area (Å²) in [7, 11) is 3.77. The second-order valence-corrected chi connectivity index (χ2v) is 4.78. The Morgan fingerprint density at radius 3 is 3.00 bits per heavy atom. The van der Waals surface area contributed by atoms with Gasteiger partial charge in [0, 0.05) is 25.4 Å². The van der Waals surface area contributed by atoms with E-state index < -0.39 is 0 Å². The van der Waals surface area contributed by atoms with Crippen molar-refractivity contribution in [3.05, 3.63) is 23.9 Å². The number of ether oxygens (including phenoxy) is 2. The number of aromatic nitrogens is 1. The van der Waals surface area contributed by atoms with E-state index in [0.717, 1.165) is 26.2 Å². The third-order valence-electron chi connectivity index (χ3n) is 3.51. The van der Waals surface area contributed by atoms with Crippen molar-refractivity contribution in [2.75, 3.05) is 40.4 Å². The van der Waals surface area contributed by atoms with Crippen molar-refractivity contribution in [3.63, 3.8) is 0 Å². The predicted octanol–water partition coefficient (Wildman–Crippen LogP) is 1.07. The van der Waals surface area contributed by atoms with Crippen molar-refractivity contribution in [2.24, 2.45) is 0 Å². The van der Waals surface area contributed by atoms with Crippen molar-refractivity contribution in [1.29, 1.82) is 0 Å². The molecular formula is C14H23N3O2. The molecule has 1 fully saturated rings. The Labute approximate surface area is 114 Å². The van der Waals surface area contributed by atoms with E-state index in [2.05, 4.69) is 35.2 Å². The largest absolute Gasteiger partial charge is 0.481 e. The summed E-state index contributed by atoms with van der Waals surface area (Å²) < 4.78 is 11.0. The van der Waals surface area contributed by atoms with Crippen LogP contribution in [0.25, 0.3) is 0 Å². The Morgan fingerprint density at radius 2 is 2.37 bits per heavy atom. The van der Waals surface area contributed by atoms with E-state index in [4.69, 9.17) is 9.47 Å². The van der Waals surface area contributed by atoms with Gasteiger partial charge < -0.3 is 14.8 Å². The zero-order valence-corrected chi connectivity index (χ0v) is 11.9. The van der Waals surface area contributed by atoms with E-state index in [1.807, 2.05) is 12.3 Å². The summed E-state index contributed by atoms with van der Waals surface area (Å²) in [4.78, 5) is 6.63. The van der Waals surface area contributed by atoms with Gasteiger partial charge >= 0.3 is 0 Å². The van der Waals surface area contributed by atoms with Crippen LogP contribution >= 0.6 is 0 Å². The van der Waals surface area contributed by atoms with Crippen LogP contribution in [0, 0.1) is 0 Å². The lowest BCUT2D eigenvalue weighted by molar-refractivity contribution is -0.0612. The molecular weight excluding hydrogens is 242 g/mol. The van der Waals surface area contributed by atoms with Crippen molar-refractivity contribution < 1.29 is 9.47 Å². The molecule has 2 atom stereocenters. The van der Waals surface area contributed by atoms with Gasteiger partial charge in [0.2, 0.25) is 5.88 Å². The molecule has 0 aromatic carbocycles. The fourth-order valence-electron chi connectivity index (χ4n) is 2.48. The normalized spacial score (nSPS) is 24.4. The monoisotopic (exact) mass is 265 g/mol. The van der Waals surface area contributed by atoms with Crippen molar-refractivity contribution in [3.8, 4) is 5.88 Å². The summed E-state index contributed by atoms with van der Waals surface area (Å²) in [6.45, 7) is 5.65. The summed E-state index contributed by atoms with van der Waals surface area (Å²) in [5, 5.41) is 3.36. The van der Waals surface area contributed by atoms with Gasteiger partial charge in [-0.15, -0.1) is 0 Å². The smallest absolute Gasteiger partial charge is 0.212 e. The van der Waals surface area contributed by atoms with Crippen LogP contribution in [0.2, 0.25) is 0 Å². The Morgan fingerprint density at radius 1 is 1.53 bits per heavy atom. The molecule has 1 aromatic rings. The van der Waals surface area contributed by atoms with E-state index in [1.165, 1.54) is 5.56 Å². The van der Waals surface area contributed by atoms with Gasteiger partial charge in [0.15, 0.2) is 0 Å². The van der Waals surface area contributed by atoms with Crippen molar-refractivity contribution in [2.45, 2.75) is 19.1 Å². The Kier molecular flexibility index (Phi) is 5.13. The van der Waals surface area contributed by atoms with Crippen LogP contribution in [-0.4, -0.2) is 56.4 Å². The van der Waals surface area contributed by atoms with Gasteiger partial charge in [-0.2, -0.15) is 0 Å². The molecule has 19 heavy (non-hydrogen) atoms. The number of methoxy groups -OCH3 is 1. The molecule has 1 aliphatic heterocycles. The fraction of sp³-hybridized carbons (Fsp3) is 0.643. The van der Waals surface area contributed by atoms with Gasteiger partial charge in [-0.25, -0.2) is 4.98 Å². The molecule has 1 aliphatic rings. The zero-order chi connectivity index (χ0) is 13.7. The minimum atomic E-state index is 0.161. The molecule has 0 bridgehead atoms. The standard InChI is InChI=1S/C14H23N3O2/c1-4-15-10-12-14(17(2)7-8-19-12)11-5-6-13(18-3)16-9-11/h5-6,9,12,14-15H,4,7-8,10H2,1-3H3. The Balaban J connectivity index is 2.15. The lowest BCUT2D eigenvalue weighted by Crippen LogP contribution is -2.47. The van der Waals surface area contributed by atoms with E-state index >= 15 is 0 Å². The molecule has 2 heterocycles. The first-order valence-electron chi connectivity index (χ1n) is 6.78. The van der Waals surface area contributed by atoms with E-state index in [0.29, 0.717) is 5.88 Å². The van der Waals surface area contributed by atoms with Crippen LogP contribution in [0.1, 0.15) is 18.5 Å². The highest BCUT2D eigenvalue weighted by Crippen LogP contribution is 2.28. The minimum absolute atomic E-state index is 0.161. The third-order valence-corrected chi connectivity index (χ3v) is 3.51. The van der Waals surface area contributed by atoms with E-state index in [9.17, 15) is 0 Å². The molecule has 0 amide bonds. The van der Waals surface area contributed by atoms with Gasteiger partial charge in [0.25, 0.3) is 0 Å². The molecule has 5 heteroatoms. The van der Waals surface area contributed by atoms with Crippen LogP contribution in [0.5, 0.6) is 5.88 Å². The number of rotatable bonds is 5. The topological polar surface area (TPSA) is 46.6 Å². The SMILES string of the molecule is CCNCC1OCCN(C)C1c1ccc(OC)nc1. The molecule has 2 unspecified atom stereocenters. The summed E-state index contributed by atoms with van der Waals surface area (Å²) in [5.74, 6) is 0.645. The lowest BCUT2D eigenvalue weighted by Gasteiger charge is -2.39. The molecule has 5 nitrogen and oxygen atoms in total. The van der Waals surface area contributed by atoms with Crippen LogP contribution in [0.3, 0.4) is 0 Å². The molecule has 0 aliphatic carbocycles. The average molecular weight is 265 g/mol. The van der Waals surface area contributed by atoms with Crippen LogP contribution in [-0.2, 0) is 4.74 Å². The maximum Gasteiger partial charge on any atom is 0.212 e. The summed E-state index contributed by atoms with van der Waals surface area (Å²) >= 11 is 0. The zero-order valence-electron chi connectivity index (χ0n) is 11.9. The second-order valence-electron chi connectivity index (χ2n) is 4.78. The van der Waals surface area contributed by atoms with Gasteiger partial charge in [-0.3, -0.25) is 4.90 Å². The minimum Gasteiger partial charge on any atom is -0.481 e. The van der Waals surface area contributed by atoms with Gasteiger partial charge in [-0.1, -0.05) is 13.0 Å². The lowest BCUT2D eigenvalue weighted by atomic mass is 10.00. The predicted molar refractivity (Wildman–Crippen MR) is 74.4 cm³/mol. The number of morpholine rings is 1. The first kappa shape index (κ1) is 14.2. The maximum absolute atomic E-state index is 5.91. The van der Waals surface area contributed by atoms with Crippen LogP contribution < -0.4 is 10.1 Å². The maximum atomic E-state index is 5.91. The second kappa shape index (κ2) is 6.84. The average Bonchev–Trinajstić information content (AvgIpc) is 2.45. The number of nitrogens with one attached hydrogen (secondary N) is 1. The van der Waals surface area contributed by atoms with Gasteiger partial charge in [0.1, 0.15) is 0 Å². The first-order chi connectivity index (χ1) is 9.26. The van der Waals surface area contributed by atoms with Gasteiger partial charge in [-0.05, 0) is 19.2 Å². The highest BCUT2D eigenvalue weighted by atomic mass is 16.5.